The van der Waals surface area contributed by atoms with Crippen molar-refractivity contribution in [2.45, 2.75) is 12.6 Å². The Labute approximate surface area is 201 Å². The molecular formula is C25H26F3N3O4. The molecule has 2 fully saturated rings. The van der Waals surface area contributed by atoms with Crippen LogP contribution >= 0.6 is 0 Å². The number of hydrogen-bond donors (Lipinski definition) is 1. The van der Waals surface area contributed by atoms with E-state index in [1.807, 2.05) is 4.90 Å². The zero-order chi connectivity index (χ0) is 25.4. The fourth-order valence-electron chi connectivity index (χ4n) is 5.14. The summed E-state index contributed by atoms with van der Waals surface area (Å²) >= 11 is 0. The SMILES string of the molecule is COc1ccc(C(=O)N2CC3CN(c4ccc(C#N)c(C(F)(F)F)c4)CCC3(CO)C2)cc1OC. The van der Waals surface area contributed by atoms with Gasteiger partial charge < -0.3 is 24.4 Å². The summed E-state index contributed by atoms with van der Waals surface area (Å²) in [5.74, 6) is 0.592. The van der Waals surface area contributed by atoms with Gasteiger partial charge in [0.1, 0.15) is 0 Å². The van der Waals surface area contributed by atoms with Crippen LogP contribution in [0.3, 0.4) is 0 Å². The molecule has 0 aromatic heterocycles. The average Bonchev–Trinajstić information content (AvgIpc) is 3.26. The van der Waals surface area contributed by atoms with E-state index in [1.54, 1.807) is 29.2 Å². The molecule has 0 radical (unpaired) electrons. The zero-order valence-electron chi connectivity index (χ0n) is 19.4. The van der Waals surface area contributed by atoms with Crippen LogP contribution in [0.25, 0.3) is 0 Å². The Morgan fingerprint density at radius 1 is 1.17 bits per heavy atom. The van der Waals surface area contributed by atoms with Gasteiger partial charge in [0.15, 0.2) is 11.5 Å². The molecular weight excluding hydrogens is 463 g/mol. The lowest BCUT2D eigenvalue weighted by Gasteiger charge is -2.43. The Hall–Kier alpha value is -3.45. The number of aliphatic hydroxyl groups is 1. The number of anilines is 1. The molecule has 186 valence electrons. The highest BCUT2D eigenvalue weighted by Crippen LogP contribution is 2.45. The van der Waals surface area contributed by atoms with Crippen LogP contribution in [-0.4, -0.2) is 62.9 Å². The Morgan fingerprint density at radius 2 is 1.91 bits per heavy atom. The second-order valence-corrected chi connectivity index (χ2v) is 9.01. The molecule has 35 heavy (non-hydrogen) atoms. The molecule has 7 nitrogen and oxygen atoms in total. The van der Waals surface area contributed by atoms with E-state index in [1.165, 1.54) is 26.4 Å². The van der Waals surface area contributed by atoms with Crippen molar-refractivity contribution in [2.75, 3.05) is 51.9 Å². The van der Waals surface area contributed by atoms with E-state index in [9.17, 15) is 23.1 Å². The van der Waals surface area contributed by atoms with Crippen molar-refractivity contribution in [1.82, 2.24) is 4.90 Å². The molecule has 2 aliphatic rings. The number of carbonyl (C=O) groups excluding carboxylic acids is 1. The average molecular weight is 489 g/mol. The monoisotopic (exact) mass is 489 g/mol. The highest BCUT2D eigenvalue weighted by atomic mass is 19.4. The van der Waals surface area contributed by atoms with Crippen molar-refractivity contribution in [3.05, 3.63) is 53.1 Å². The number of nitrogens with zero attached hydrogens (tertiary/aromatic N) is 3. The highest BCUT2D eigenvalue weighted by Gasteiger charge is 2.50. The minimum absolute atomic E-state index is 0.123. The van der Waals surface area contributed by atoms with Crippen LogP contribution in [0.15, 0.2) is 36.4 Å². The van der Waals surface area contributed by atoms with E-state index < -0.39 is 22.7 Å². The first-order chi connectivity index (χ1) is 16.7. The van der Waals surface area contributed by atoms with Crippen molar-refractivity contribution in [2.24, 2.45) is 11.3 Å². The molecule has 0 aliphatic carbocycles. The number of benzene rings is 2. The summed E-state index contributed by atoms with van der Waals surface area (Å²) in [5.41, 5.74) is -1.12. The number of rotatable bonds is 5. The summed E-state index contributed by atoms with van der Waals surface area (Å²) in [6, 6.07) is 10.2. The first-order valence-corrected chi connectivity index (χ1v) is 11.1. The van der Waals surface area contributed by atoms with Crippen LogP contribution in [0.5, 0.6) is 11.5 Å². The molecule has 0 saturated carbocycles. The molecule has 4 rings (SSSR count). The summed E-state index contributed by atoms with van der Waals surface area (Å²) in [5, 5.41) is 19.3. The van der Waals surface area contributed by atoms with E-state index in [4.69, 9.17) is 14.7 Å². The molecule has 2 saturated heterocycles. The fraction of sp³-hybridized carbons (Fsp3) is 0.440. The van der Waals surface area contributed by atoms with Crippen LogP contribution in [0.2, 0.25) is 0 Å². The Kier molecular flexibility index (Phi) is 6.56. The van der Waals surface area contributed by atoms with Crippen LogP contribution in [0.4, 0.5) is 18.9 Å². The lowest BCUT2D eigenvalue weighted by Crippen LogP contribution is -2.49. The standard InChI is InChI=1S/C25H26F3N3O4/c1-34-21-6-4-16(9-22(21)35-2)23(33)31-13-18-12-30(8-7-24(18,14-31)15-32)19-5-3-17(11-29)20(10-19)25(26,27)28/h3-6,9-10,18,32H,7-8,12-15H2,1-2H3. The minimum Gasteiger partial charge on any atom is -0.493 e. The summed E-state index contributed by atoms with van der Waals surface area (Å²) in [6.45, 7) is 1.42. The van der Waals surface area contributed by atoms with Gasteiger partial charge in [0.2, 0.25) is 0 Å². The number of alkyl halides is 3. The van der Waals surface area contributed by atoms with E-state index in [0.29, 0.717) is 55.3 Å². The third-order valence-corrected chi connectivity index (χ3v) is 7.16. The van der Waals surface area contributed by atoms with E-state index in [0.717, 1.165) is 6.07 Å². The number of piperidine rings is 1. The molecule has 2 aliphatic heterocycles. The number of ether oxygens (including phenoxy) is 2. The van der Waals surface area contributed by atoms with Gasteiger partial charge in [-0.2, -0.15) is 18.4 Å². The van der Waals surface area contributed by atoms with E-state index in [2.05, 4.69) is 0 Å². The first kappa shape index (κ1) is 24.7. The molecule has 2 aromatic rings. The number of likely N-dealkylation sites (tertiary alicyclic amines) is 1. The maximum Gasteiger partial charge on any atom is 0.417 e. The minimum atomic E-state index is -4.64. The Balaban J connectivity index is 1.56. The van der Waals surface area contributed by atoms with Crippen LogP contribution < -0.4 is 14.4 Å². The largest absolute Gasteiger partial charge is 0.493 e. The summed E-state index contributed by atoms with van der Waals surface area (Å²) in [4.78, 5) is 16.8. The zero-order valence-corrected chi connectivity index (χ0v) is 19.4. The van der Waals surface area contributed by atoms with E-state index >= 15 is 0 Å². The second-order valence-electron chi connectivity index (χ2n) is 9.01. The van der Waals surface area contributed by atoms with Gasteiger partial charge in [-0.15, -0.1) is 0 Å². The number of methoxy groups -OCH3 is 2. The fourth-order valence-corrected chi connectivity index (χ4v) is 5.14. The van der Waals surface area contributed by atoms with Crippen molar-refractivity contribution >= 4 is 11.6 Å². The molecule has 2 unspecified atom stereocenters. The summed E-state index contributed by atoms with van der Waals surface area (Å²) < 4.78 is 50.9. The molecule has 1 amide bonds. The second kappa shape index (κ2) is 9.30. The number of aliphatic hydroxyl groups excluding tert-OH is 1. The van der Waals surface area contributed by atoms with Crippen LogP contribution in [0, 0.1) is 22.7 Å². The topological polar surface area (TPSA) is 86.0 Å². The van der Waals surface area contributed by atoms with Crippen LogP contribution in [-0.2, 0) is 6.18 Å². The molecule has 10 heteroatoms. The number of hydrogen-bond acceptors (Lipinski definition) is 6. The summed E-state index contributed by atoms with van der Waals surface area (Å²) in [7, 11) is 2.99. The maximum atomic E-state index is 13.5. The quantitative estimate of drug-likeness (QED) is 0.692. The predicted molar refractivity (Wildman–Crippen MR) is 121 cm³/mol. The van der Waals surface area contributed by atoms with Gasteiger partial charge in [0.05, 0.1) is 38.0 Å². The summed E-state index contributed by atoms with van der Waals surface area (Å²) in [6.07, 6.45) is -4.12. The number of amides is 1. The Morgan fingerprint density at radius 3 is 2.54 bits per heavy atom. The number of fused-ring (bicyclic) bond motifs is 1. The molecule has 2 aromatic carbocycles. The van der Waals surface area contributed by atoms with Gasteiger partial charge in [0, 0.05) is 48.8 Å². The van der Waals surface area contributed by atoms with Crippen molar-refractivity contribution in [1.29, 1.82) is 5.26 Å². The Bertz CT molecular complexity index is 1160. The van der Waals surface area contributed by atoms with Crippen LogP contribution in [0.1, 0.15) is 27.9 Å². The van der Waals surface area contributed by atoms with Gasteiger partial charge in [-0.05, 0) is 42.8 Å². The van der Waals surface area contributed by atoms with Gasteiger partial charge in [-0.1, -0.05) is 0 Å². The van der Waals surface area contributed by atoms with E-state index in [-0.39, 0.29) is 18.4 Å². The van der Waals surface area contributed by atoms with Crippen molar-refractivity contribution < 1.29 is 32.5 Å². The number of nitriles is 1. The van der Waals surface area contributed by atoms with Crippen molar-refractivity contribution in [3.8, 4) is 17.6 Å². The molecule has 1 N–H and O–H groups in total. The lowest BCUT2D eigenvalue weighted by atomic mass is 9.73. The third kappa shape index (κ3) is 4.48. The predicted octanol–water partition coefficient (Wildman–Crippen LogP) is 3.56. The van der Waals surface area contributed by atoms with Crippen molar-refractivity contribution in [3.63, 3.8) is 0 Å². The highest BCUT2D eigenvalue weighted by molar-refractivity contribution is 5.95. The first-order valence-electron chi connectivity index (χ1n) is 11.1. The smallest absolute Gasteiger partial charge is 0.417 e. The molecule has 0 bridgehead atoms. The molecule has 2 atom stereocenters. The van der Waals surface area contributed by atoms with Gasteiger partial charge in [-0.3, -0.25) is 4.79 Å². The third-order valence-electron chi connectivity index (χ3n) is 7.16. The molecule has 0 spiro atoms. The normalized spacial score (nSPS) is 21.9. The van der Waals surface area contributed by atoms with Gasteiger partial charge in [-0.25, -0.2) is 0 Å². The number of carbonyl (C=O) groups is 1. The maximum absolute atomic E-state index is 13.5. The number of halogens is 3. The van der Waals surface area contributed by atoms with Gasteiger partial charge >= 0.3 is 6.18 Å². The lowest BCUT2D eigenvalue weighted by molar-refractivity contribution is -0.137. The van der Waals surface area contributed by atoms with Gasteiger partial charge in [0.25, 0.3) is 5.91 Å². The molecule has 2 heterocycles.